The number of nitrogens with zero attached hydrogens (tertiary/aromatic N) is 3. The van der Waals surface area contributed by atoms with Crippen molar-refractivity contribution in [1.29, 1.82) is 0 Å². The lowest BCUT2D eigenvalue weighted by molar-refractivity contribution is -0.169. The number of carbonyl (C=O) groups excluding carboxylic acids is 1. The Balaban J connectivity index is 1.52. The molecular formula is C17H26N4O3. The van der Waals surface area contributed by atoms with Crippen LogP contribution in [-0.4, -0.2) is 54.5 Å². The molecule has 0 radical (unpaired) electrons. The Morgan fingerprint density at radius 2 is 1.96 bits per heavy atom. The average Bonchev–Trinajstić information content (AvgIpc) is 3.03. The van der Waals surface area contributed by atoms with E-state index in [1.54, 1.807) is 12.4 Å². The van der Waals surface area contributed by atoms with Gasteiger partial charge in [0.15, 0.2) is 5.79 Å². The van der Waals surface area contributed by atoms with Gasteiger partial charge in [0, 0.05) is 32.5 Å². The molecule has 1 aromatic rings. The summed E-state index contributed by atoms with van der Waals surface area (Å²) in [6.45, 7) is 7.91. The van der Waals surface area contributed by atoms with Crippen molar-refractivity contribution in [3.8, 4) is 0 Å². The summed E-state index contributed by atoms with van der Waals surface area (Å²) >= 11 is 0. The van der Waals surface area contributed by atoms with Gasteiger partial charge in [0.05, 0.1) is 25.6 Å². The number of hydrogen-bond acceptors (Lipinski definition) is 6. The lowest BCUT2D eigenvalue weighted by atomic mass is 10.0. The van der Waals surface area contributed by atoms with Crippen LogP contribution in [0.4, 0.5) is 5.82 Å². The molecule has 1 amide bonds. The van der Waals surface area contributed by atoms with Crippen LogP contribution in [0.15, 0.2) is 12.4 Å². The molecule has 2 aliphatic rings. The molecule has 0 aromatic carbocycles. The zero-order valence-corrected chi connectivity index (χ0v) is 14.5. The molecule has 1 N–H and O–H groups in total. The first-order valence-electron chi connectivity index (χ1n) is 8.71. The van der Waals surface area contributed by atoms with Gasteiger partial charge in [0.25, 0.3) is 5.91 Å². The molecule has 2 fully saturated rings. The zero-order valence-electron chi connectivity index (χ0n) is 14.5. The second-order valence-electron chi connectivity index (χ2n) is 6.79. The van der Waals surface area contributed by atoms with Crippen LogP contribution < -0.4 is 10.2 Å². The van der Waals surface area contributed by atoms with Gasteiger partial charge in [-0.05, 0) is 12.3 Å². The molecule has 7 nitrogen and oxygen atoms in total. The quantitative estimate of drug-likeness (QED) is 0.881. The van der Waals surface area contributed by atoms with Crippen LogP contribution in [0, 0.1) is 5.92 Å². The number of carbonyl (C=O) groups is 1. The third kappa shape index (κ3) is 4.02. The minimum absolute atomic E-state index is 0.167. The van der Waals surface area contributed by atoms with Crippen molar-refractivity contribution in [2.24, 2.45) is 5.92 Å². The number of ether oxygens (including phenoxy) is 2. The average molecular weight is 334 g/mol. The fourth-order valence-corrected chi connectivity index (χ4v) is 3.03. The summed E-state index contributed by atoms with van der Waals surface area (Å²) < 4.78 is 11.5. The van der Waals surface area contributed by atoms with Gasteiger partial charge in [-0.25, -0.2) is 9.97 Å². The molecule has 1 aromatic heterocycles. The number of aromatic nitrogens is 2. The van der Waals surface area contributed by atoms with Crippen LogP contribution in [0.3, 0.4) is 0 Å². The molecular weight excluding hydrogens is 308 g/mol. The minimum atomic E-state index is -0.389. The summed E-state index contributed by atoms with van der Waals surface area (Å²) in [6.07, 6.45) is 5.83. The van der Waals surface area contributed by atoms with Crippen molar-refractivity contribution in [1.82, 2.24) is 15.3 Å². The van der Waals surface area contributed by atoms with E-state index < -0.39 is 0 Å². The Hall–Kier alpha value is -1.73. The Kier molecular flexibility index (Phi) is 5.30. The first-order valence-corrected chi connectivity index (χ1v) is 8.71. The van der Waals surface area contributed by atoms with Crippen molar-refractivity contribution >= 4 is 11.7 Å². The Morgan fingerprint density at radius 3 is 2.54 bits per heavy atom. The molecule has 0 saturated carbocycles. The summed E-state index contributed by atoms with van der Waals surface area (Å²) in [5.74, 6) is 0.802. The Morgan fingerprint density at radius 1 is 1.25 bits per heavy atom. The predicted molar refractivity (Wildman–Crippen MR) is 89.9 cm³/mol. The Bertz CT molecular complexity index is 545. The summed E-state index contributed by atoms with van der Waals surface area (Å²) in [4.78, 5) is 22.8. The molecule has 2 aliphatic heterocycles. The first kappa shape index (κ1) is 17.1. The number of rotatable bonds is 5. The van der Waals surface area contributed by atoms with Gasteiger partial charge in [-0.1, -0.05) is 13.8 Å². The van der Waals surface area contributed by atoms with Crippen molar-refractivity contribution in [3.63, 3.8) is 0 Å². The zero-order chi connectivity index (χ0) is 17.0. The molecule has 3 heterocycles. The molecule has 0 bridgehead atoms. The standard InChI is InChI=1S/C17H26N4O3/c1-13(2)3-6-18-16(22)14-11-20-15(12-19-14)21-7-4-17(5-8-21)23-9-10-24-17/h11-13H,3-10H2,1-2H3,(H,18,22). The van der Waals surface area contributed by atoms with E-state index in [-0.39, 0.29) is 11.7 Å². The maximum Gasteiger partial charge on any atom is 0.271 e. The number of nitrogens with one attached hydrogen (secondary N) is 1. The number of anilines is 1. The Labute approximate surface area is 142 Å². The van der Waals surface area contributed by atoms with Crippen LogP contribution in [0.5, 0.6) is 0 Å². The largest absolute Gasteiger partial charge is 0.355 e. The second kappa shape index (κ2) is 7.44. The molecule has 24 heavy (non-hydrogen) atoms. The molecule has 3 rings (SSSR count). The number of piperidine rings is 1. The van der Waals surface area contributed by atoms with Crippen LogP contribution in [0.2, 0.25) is 0 Å². The van der Waals surface area contributed by atoms with E-state index in [2.05, 4.69) is 34.0 Å². The molecule has 0 unspecified atom stereocenters. The smallest absolute Gasteiger partial charge is 0.271 e. The molecule has 7 heteroatoms. The van der Waals surface area contributed by atoms with Crippen LogP contribution in [0.25, 0.3) is 0 Å². The van der Waals surface area contributed by atoms with Gasteiger partial charge in [0.2, 0.25) is 0 Å². The molecule has 0 aliphatic carbocycles. The van der Waals surface area contributed by atoms with Crippen molar-refractivity contribution in [3.05, 3.63) is 18.1 Å². The third-order valence-electron chi connectivity index (χ3n) is 4.54. The molecule has 1 spiro atoms. The van der Waals surface area contributed by atoms with Crippen molar-refractivity contribution in [2.75, 3.05) is 37.7 Å². The van der Waals surface area contributed by atoms with Gasteiger partial charge >= 0.3 is 0 Å². The summed E-state index contributed by atoms with van der Waals surface area (Å²) in [5.41, 5.74) is 0.360. The highest BCUT2D eigenvalue weighted by atomic mass is 16.7. The highest BCUT2D eigenvalue weighted by molar-refractivity contribution is 5.91. The van der Waals surface area contributed by atoms with E-state index in [0.717, 1.165) is 38.2 Å². The van der Waals surface area contributed by atoms with Gasteiger partial charge in [0.1, 0.15) is 11.5 Å². The lowest BCUT2D eigenvalue weighted by Crippen LogP contribution is -2.45. The summed E-state index contributed by atoms with van der Waals surface area (Å²) in [7, 11) is 0. The summed E-state index contributed by atoms with van der Waals surface area (Å²) in [6, 6.07) is 0. The van der Waals surface area contributed by atoms with Crippen LogP contribution in [0.1, 0.15) is 43.6 Å². The number of amides is 1. The molecule has 2 saturated heterocycles. The van der Waals surface area contributed by atoms with E-state index in [1.807, 2.05) is 0 Å². The normalized spacial score (nSPS) is 19.9. The first-order chi connectivity index (χ1) is 11.6. The van der Waals surface area contributed by atoms with E-state index in [1.165, 1.54) is 0 Å². The van der Waals surface area contributed by atoms with Gasteiger partial charge in [-0.15, -0.1) is 0 Å². The van der Waals surface area contributed by atoms with Gasteiger partial charge in [-0.3, -0.25) is 4.79 Å². The maximum absolute atomic E-state index is 12.0. The second-order valence-corrected chi connectivity index (χ2v) is 6.79. The van der Waals surface area contributed by atoms with Crippen molar-refractivity contribution in [2.45, 2.75) is 38.9 Å². The van der Waals surface area contributed by atoms with E-state index in [0.29, 0.717) is 31.4 Å². The molecule has 132 valence electrons. The topological polar surface area (TPSA) is 76.6 Å². The monoisotopic (exact) mass is 334 g/mol. The maximum atomic E-state index is 12.0. The summed E-state index contributed by atoms with van der Waals surface area (Å²) in [5, 5.41) is 2.87. The van der Waals surface area contributed by atoms with Crippen molar-refractivity contribution < 1.29 is 14.3 Å². The van der Waals surface area contributed by atoms with Crippen LogP contribution >= 0.6 is 0 Å². The highest BCUT2D eigenvalue weighted by Gasteiger charge is 2.40. The fraction of sp³-hybridized carbons (Fsp3) is 0.706. The lowest BCUT2D eigenvalue weighted by Gasteiger charge is -2.37. The van der Waals surface area contributed by atoms with Crippen LogP contribution in [-0.2, 0) is 9.47 Å². The van der Waals surface area contributed by atoms with Gasteiger partial charge in [-0.2, -0.15) is 0 Å². The predicted octanol–water partition coefficient (Wildman–Crippen LogP) is 1.60. The third-order valence-corrected chi connectivity index (χ3v) is 4.54. The van der Waals surface area contributed by atoms with Gasteiger partial charge < -0.3 is 19.7 Å². The molecule has 0 atom stereocenters. The highest BCUT2D eigenvalue weighted by Crippen LogP contribution is 2.32. The van der Waals surface area contributed by atoms with E-state index in [4.69, 9.17) is 9.47 Å². The fourth-order valence-electron chi connectivity index (χ4n) is 3.03. The van der Waals surface area contributed by atoms with E-state index >= 15 is 0 Å². The SMILES string of the molecule is CC(C)CCNC(=O)c1cnc(N2CCC3(CC2)OCCO3)cn1. The number of hydrogen-bond donors (Lipinski definition) is 1. The van der Waals surface area contributed by atoms with E-state index in [9.17, 15) is 4.79 Å². The minimum Gasteiger partial charge on any atom is -0.355 e.